The topological polar surface area (TPSA) is 216 Å². The fraction of sp³-hybridized carbons (Fsp3) is 0.143. The van der Waals surface area contributed by atoms with Gasteiger partial charge in [0, 0.05) is 18.2 Å². The summed E-state index contributed by atoms with van der Waals surface area (Å²) in [6.07, 6.45) is 0. The Bertz CT molecular complexity index is 1900. The smallest absolute Gasteiger partial charge is 0.261 e. The van der Waals surface area contributed by atoms with Gasteiger partial charge in [-0.05, 0) is 50.2 Å². The first-order valence-corrected chi connectivity index (χ1v) is 15.5. The Morgan fingerprint density at radius 3 is 1.33 bits per heavy atom. The normalized spacial score (nSPS) is 11.2. The number of nitro benzene ring substituents is 3. The van der Waals surface area contributed by atoms with Crippen molar-refractivity contribution in [3.8, 4) is 0 Å². The van der Waals surface area contributed by atoms with Crippen LogP contribution in [0.25, 0.3) is 0 Å². The van der Waals surface area contributed by atoms with Crippen LogP contribution in [-0.4, -0.2) is 31.6 Å². The Morgan fingerprint density at radius 1 is 0.533 bits per heavy atom. The van der Waals surface area contributed by atoms with E-state index in [1.54, 1.807) is 37.3 Å². The standard InChI is InChI=1S/C14H12N2O7S.C14H13NO5S/c1-10-5-7-11(8-6-10)24(21,22)23-9-12-13(15(17)18)3-2-4-14(12)16(19)20;1-11-6-8-13(9-7-11)21(18,19)20-10-12-4-2-3-5-14(12)15(16)17/h2-8H,9H2,1H3;2-9H,10H2,1H3. The van der Waals surface area contributed by atoms with E-state index in [9.17, 15) is 47.2 Å². The minimum Gasteiger partial charge on any atom is -0.261 e. The lowest BCUT2D eigenvalue weighted by Gasteiger charge is -2.07. The number of hydrogen-bond acceptors (Lipinski definition) is 12. The number of hydrogen-bond donors (Lipinski definition) is 0. The van der Waals surface area contributed by atoms with Crippen LogP contribution in [0.4, 0.5) is 17.1 Å². The van der Waals surface area contributed by atoms with Crippen molar-refractivity contribution in [1.82, 2.24) is 0 Å². The molecule has 0 heterocycles. The number of aryl methyl sites for hydroxylation is 2. The molecule has 4 rings (SSSR count). The Morgan fingerprint density at radius 2 is 0.911 bits per heavy atom. The first-order valence-electron chi connectivity index (χ1n) is 12.7. The summed E-state index contributed by atoms with van der Waals surface area (Å²) in [7, 11) is -8.15. The predicted molar refractivity (Wildman–Crippen MR) is 159 cm³/mol. The lowest BCUT2D eigenvalue weighted by Crippen LogP contribution is -2.09. The van der Waals surface area contributed by atoms with Gasteiger partial charge in [0.1, 0.15) is 12.2 Å². The van der Waals surface area contributed by atoms with E-state index >= 15 is 0 Å². The maximum absolute atomic E-state index is 12.1. The van der Waals surface area contributed by atoms with Crippen molar-refractivity contribution >= 4 is 37.3 Å². The molecular formula is C28H25N3O12S2. The zero-order valence-corrected chi connectivity index (χ0v) is 25.3. The van der Waals surface area contributed by atoms with Gasteiger partial charge >= 0.3 is 0 Å². The second-order valence-corrected chi connectivity index (χ2v) is 12.5. The Hall–Kier alpha value is -5.10. The second kappa shape index (κ2) is 14.6. The molecule has 4 aromatic carbocycles. The lowest BCUT2D eigenvalue weighted by molar-refractivity contribution is -0.396. The quantitative estimate of drug-likeness (QED) is 0.110. The monoisotopic (exact) mass is 659 g/mol. The molecule has 0 bridgehead atoms. The second-order valence-electron chi connectivity index (χ2n) is 9.23. The minimum atomic E-state index is -4.21. The van der Waals surface area contributed by atoms with Crippen LogP contribution in [-0.2, 0) is 41.8 Å². The fourth-order valence-electron chi connectivity index (χ4n) is 3.69. The van der Waals surface area contributed by atoms with Gasteiger partial charge in [0.25, 0.3) is 37.3 Å². The van der Waals surface area contributed by atoms with Gasteiger partial charge in [0.2, 0.25) is 0 Å². The molecule has 17 heteroatoms. The predicted octanol–water partition coefficient (Wildman–Crippen LogP) is 5.53. The highest BCUT2D eigenvalue weighted by molar-refractivity contribution is 7.87. The third kappa shape index (κ3) is 9.19. The van der Waals surface area contributed by atoms with Gasteiger partial charge in [-0.3, -0.25) is 38.7 Å². The number of para-hydroxylation sites is 1. The molecular weight excluding hydrogens is 634 g/mol. The van der Waals surface area contributed by atoms with Crippen molar-refractivity contribution in [2.75, 3.05) is 0 Å². The summed E-state index contributed by atoms with van der Waals surface area (Å²) >= 11 is 0. The van der Waals surface area contributed by atoms with E-state index in [0.29, 0.717) is 0 Å². The number of rotatable bonds is 11. The van der Waals surface area contributed by atoms with Crippen molar-refractivity contribution in [1.29, 1.82) is 0 Å². The molecule has 0 aliphatic rings. The first-order chi connectivity index (χ1) is 21.1. The number of benzene rings is 4. The summed E-state index contributed by atoms with van der Waals surface area (Å²) in [6, 6.07) is 21.0. The largest absolute Gasteiger partial charge is 0.297 e. The van der Waals surface area contributed by atoms with Gasteiger partial charge in [0.05, 0.1) is 36.7 Å². The molecule has 0 unspecified atom stereocenters. The molecule has 0 aromatic heterocycles. The van der Waals surface area contributed by atoms with Crippen molar-refractivity contribution in [2.45, 2.75) is 36.9 Å². The van der Waals surface area contributed by atoms with Gasteiger partial charge in [-0.1, -0.05) is 47.5 Å². The van der Waals surface area contributed by atoms with E-state index < -0.39 is 58.6 Å². The summed E-state index contributed by atoms with van der Waals surface area (Å²) in [6.45, 7) is 2.41. The molecule has 0 N–H and O–H groups in total. The van der Waals surface area contributed by atoms with Gasteiger partial charge in [0.15, 0.2) is 0 Å². The molecule has 15 nitrogen and oxygen atoms in total. The van der Waals surface area contributed by atoms with Crippen molar-refractivity contribution in [3.05, 3.63) is 144 Å². The molecule has 45 heavy (non-hydrogen) atoms. The molecule has 0 radical (unpaired) electrons. The summed E-state index contributed by atoms with van der Waals surface area (Å²) in [4.78, 5) is 30.5. The number of nitrogens with zero attached hydrogens (tertiary/aromatic N) is 3. The molecule has 0 amide bonds. The summed E-state index contributed by atoms with van der Waals surface area (Å²) in [5.74, 6) is 0. The van der Waals surface area contributed by atoms with Crippen molar-refractivity contribution in [2.24, 2.45) is 0 Å². The van der Waals surface area contributed by atoms with Crippen LogP contribution in [0.5, 0.6) is 0 Å². The van der Waals surface area contributed by atoms with Crippen LogP contribution in [0.1, 0.15) is 22.3 Å². The molecule has 0 saturated carbocycles. The van der Waals surface area contributed by atoms with E-state index in [1.165, 1.54) is 42.5 Å². The van der Waals surface area contributed by atoms with Crippen LogP contribution in [0, 0.1) is 44.2 Å². The summed E-state index contributed by atoms with van der Waals surface area (Å²) in [5, 5.41) is 32.9. The van der Waals surface area contributed by atoms with Gasteiger partial charge in [-0.25, -0.2) is 0 Å². The minimum absolute atomic E-state index is 0.0201. The SMILES string of the molecule is Cc1ccc(S(=O)(=O)OCc2c([N+](=O)[O-])cccc2[N+](=O)[O-])cc1.Cc1ccc(S(=O)(=O)OCc2ccccc2[N+](=O)[O-])cc1. The molecule has 0 spiro atoms. The Kier molecular flexibility index (Phi) is 11.1. The molecule has 4 aromatic rings. The van der Waals surface area contributed by atoms with Crippen LogP contribution in [0.3, 0.4) is 0 Å². The van der Waals surface area contributed by atoms with Gasteiger partial charge < -0.3 is 0 Å². The van der Waals surface area contributed by atoms with E-state index in [0.717, 1.165) is 29.3 Å². The average molecular weight is 660 g/mol. The maximum atomic E-state index is 12.1. The molecule has 0 atom stereocenters. The van der Waals surface area contributed by atoms with Crippen molar-refractivity contribution in [3.63, 3.8) is 0 Å². The van der Waals surface area contributed by atoms with Crippen LogP contribution < -0.4 is 0 Å². The summed E-state index contributed by atoms with van der Waals surface area (Å²) < 4.78 is 57.9. The Labute approximate surface area is 257 Å². The highest BCUT2D eigenvalue weighted by Gasteiger charge is 2.27. The molecule has 236 valence electrons. The third-order valence-electron chi connectivity index (χ3n) is 6.06. The molecule has 0 aliphatic carbocycles. The van der Waals surface area contributed by atoms with E-state index in [-0.39, 0.29) is 27.6 Å². The zero-order valence-electron chi connectivity index (χ0n) is 23.6. The van der Waals surface area contributed by atoms with Gasteiger partial charge in [-0.15, -0.1) is 0 Å². The zero-order chi connectivity index (χ0) is 33.4. The van der Waals surface area contributed by atoms with Crippen LogP contribution in [0.2, 0.25) is 0 Å². The average Bonchev–Trinajstić information content (AvgIpc) is 2.99. The van der Waals surface area contributed by atoms with E-state index in [1.807, 2.05) is 6.92 Å². The highest BCUT2D eigenvalue weighted by atomic mass is 32.2. The maximum Gasteiger partial charge on any atom is 0.297 e. The fourth-order valence-corrected chi connectivity index (χ4v) is 5.45. The highest BCUT2D eigenvalue weighted by Crippen LogP contribution is 2.30. The number of nitro groups is 3. The molecule has 0 fully saturated rings. The Balaban J connectivity index is 0.000000248. The van der Waals surface area contributed by atoms with Crippen molar-refractivity contribution < 1.29 is 40.0 Å². The van der Waals surface area contributed by atoms with E-state index in [2.05, 4.69) is 0 Å². The molecule has 0 aliphatic heterocycles. The first kappa shape index (κ1) is 34.4. The third-order valence-corrected chi connectivity index (χ3v) is 8.61. The molecule has 0 saturated heterocycles. The van der Waals surface area contributed by atoms with Crippen LogP contribution in [0.15, 0.2) is 101 Å². The van der Waals surface area contributed by atoms with E-state index in [4.69, 9.17) is 8.37 Å². The van der Waals surface area contributed by atoms with Gasteiger partial charge in [-0.2, -0.15) is 16.8 Å². The summed E-state index contributed by atoms with van der Waals surface area (Å²) in [5.41, 5.74) is 0.223. The lowest BCUT2D eigenvalue weighted by atomic mass is 10.1. The van der Waals surface area contributed by atoms with Crippen LogP contribution >= 0.6 is 0 Å².